The molecular formula is C47H29N3. The SMILES string of the molecule is c1ccc(-c2cc(-c3cccc4c3C3(c5ccccc5-4)c4ccccc4-n4c5ccccc5c5cccc3c54)nc(-c3ccccc3)n2)cc1. The van der Waals surface area contributed by atoms with Crippen LogP contribution in [0.5, 0.6) is 0 Å². The second kappa shape index (κ2) is 10.2. The fraction of sp³-hybridized carbons (Fsp3) is 0.0213. The number of hydrogen-bond acceptors (Lipinski definition) is 2. The van der Waals surface area contributed by atoms with E-state index in [2.05, 4.69) is 174 Å². The lowest BCUT2D eigenvalue weighted by atomic mass is 9.64. The molecule has 1 unspecified atom stereocenters. The Kier molecular flexibility index (Phi) is 5.59. The van der Waals surface area contributed by atoms with E-state index in [4.69, 9.17) is 9.97 Å². The van der Waals surface area contributed by atoms with Gasteiger partial charge in [-0.3, -0.25) is 0 Å². The van der Waals surface area contributed by atoms with Gasteiger partial charge >= 0.3 is 0 Å². The normalized spacial score (nSPS) is 15.3. The molecule has 0 saturated heterocycles. The monoisotopic (exact) mass is 635 g/mol. The molecule has 0 bridgehead atoms. The molecule has 3 heteroatoms. The Morgan fingerprint density at radius 2 is 1.02 bits per heavy atom. The van der Waals surface area contributed by atoms with Gasteiger partial charge in [0.15, 0.2) is 5.82 Å². The number of aromatic nitrogens is 3. The Bertz CT molecular complexity index is 2760. The molecule has 0 fully saturated rings. The van der Waals surface area contributed by atoms with Crippen LogP contribution in [0.2, 0.25) is 0 Å². The van der Waals surface area contributed by atoms with Gasteiger partial charge in [-0.2, -0.15) is 0 Å². The highest BCUT2D eigenvalue weighted by Crippen LogP contribution is 2.62. The van der Waals surface area contributed by atoms with Crippen LogP contribution < -0.4 is 0 Å². The molecule has 7 aromatic carbocycles. The summed E-state index contributed by atoms with van der Waals surface area (Å²) in [6.45, 7) is 0. The number of fused-ring (bicyclic) bond motifs is 12. The number of nitrogens with zero attached hydrogens (tertiary/aromatic N) is 3. The summed E-state index contributed by atoms with van der Waals surface area (Å²) in [6.07, 6.45) is 0. The molecule has 232 valence electrons. The van der Waals surface area contributed by atoms with Gasteiger partial charge in [-0.15, -0.1) is 0 Å². The average Bonchev–Trinajstić information content (AvgIpc) is 3.69. The maximum absolute atomic E-state index is 5.39. The summed E-state index contributed by atoms with van der Waals surface area (Å²) in [7, 11) is 0. The summed E-state index contributed by atoms with van der Waals surface area (Å²) >= 11 is 0. The minimum Gasteiger partial charge on any atom is -0.309 e. The van der Waals surface area contributed by atoms with Crippen molar-refractivity contribution in [3.63, 3.8) is 0 Å². The summed E-state index contributed by atoms with van der Waals surface area (Å²) in [5, 5.41) is 2.54. The van der Waals surface area contributed by atoms with E-state index in [-0.39, 0.29) is 0 Å². The van der Waals surface area contributed by atoms with Crippen LogP contribution in [0.4, 0.5) is 0 Å². The highest BCUT2D eigenvalue weighted by molar-refractivity contribution is 6.13. The minimum absolute atomic E-state index is 0.576. The van der Waals surface area contributed by atoms with Gasteiger partial charge in [0.1, 0.15) is 0 Å². The fourth-order valence-corrected chi connectivity index (χ4v) is 8.89. The zero-order valence-electron chi connectivity index (χ0n) is 27.1. The third-order valence-electron chi connectivity index (χ3n) is 10.8. The predicted molar refractivity (Wildman–Crippen MR) is 204 cm³/mol. The van der Waals surface area contributed by atoms with Crippen LogP contribution in [0.3, 0.4) is 0 Å². The zero-order valence-corrected chi connectivity index (χ0v) is 27.1. The summed E-state index contributed by atoms with van der Waals surface area (Å²) in [4.78, 5) is 10.5. The van der Waals surface area contributed by atoms with Crippen molar-refractivity contribution in [1.29, 1.82) is 0 Å². The van der Waals surface area contributed by atoms with Gasteiger partial charge in [-0.1, -0.05) is 158 Å². The van der Waals surface area contributed by atoms with Crippen molar-refractivity contribution in [3.05, 3.63) is 198 Å². The first-order valence-corrected chi connectivity index (χ1v) is 17.2. The highest BCUT2D eigenvalue weighted by atomic mass is 15.0. The molecule has 1 aliphatic carbocycles. The molecule has 2 aromatic heterocycles. The van der Waals surface area contributed by atoms with E-state index in [1.165, 1.54) is 60.9 Å². The van der Waals surface area contributed by atoms with E-state index in [0.29, 0.717) is 0 Å². The van der Waals surface area contributed by atoms with Gasteiger partial charge in [-0.25, -0.2) is 9.97 Å². The quantitative estimate of drug-likeness (QED) is 0.193. The second-order valence-electron chi connectivity index (χ2n) is 13.3. The van der Waals surface area contributed by atoms with E-state index in [1.54, 1.807) is 0 Å². The van der Waals surface area contributed by atoms with Crippen molar-refractivity contribution in [2.45, 2.75) is 5.41 Å². The van der Waals surface area contributed by atoms with Crippen molar-refractivity contribution in [2.24, 2.45) is 0 Å². The number of para-hydroxylation sites is 3. The Hall–Kier alpha value is -6.58. The van der Waals surface area contributed by atoms with Crippen LogP contribution in [0.15, 0.2) is 176 Å². The van der Waals surface area contributed by atoms with Gasteiger partial charge < -0.3 is 4.57 Å². The lowest BCUT2D eigenvalue weighted by Gasteiger charge is -2.40. The molecule has 2 aliphatic rings. The molecule has 0 radical (unpaired) electrons. The lowest BCUT2D eigenvalue weighted by Crippen LogP contribution is -2.34. The fourth-order valence-electron chi connectivity index (χ4n) is 8.89. The smallest absolute Gasteiger partial charge is 0.160 e. The number of rotatable bonds is 3. The molecule has 11 rings (SSSR count). The van der Waals surface area contributed by atoms with E-state index in [0.717, 1.165) is 33.9 Å². The zero-order chi connectivity index (χ0) is 32.8. The van der Waals surface area contributed by atoms with Crippen molar-refractivity contribution < 1.29 is 0 Å². The molecule has 3 nitrogen and oxygen atoms in total. The summed E-state index contributed by atoms with van der Waals surface area (Å²) < 4.78 is 2.50. The third-order valence-corrected chi connectivity index (χ3v) is 10.8. The van der Waals surface area contributed by atoms with Gasteiger partial charge in [0.2, 0.25) is 0 Å². The molecule has 0 saturated carbocycles. The number of benzene rings is 7. The first-order chi connectivity index (χ1) is 24.8. The van der Waals surface area contributed by atoms with E-state index < -0.39 is 5.41 Å². The topological polar surface area (TPSA) is 30.7 Å². The number of hydrogen-bond donors (Lipinski definition) is 0. The summed E-state index contributed by atoms with van der Waals surface area (Å²) in [6, 6.07) is 63.5. The predicted octanol–water partition coefficient (Wildman–Crippen LogP) is 11.3. The highest BCUT2D eigenvalue weighted by Gasteiger charge is 2.52. The standard InChI is InChI=1S/C47H29N3/c1-3-15-30(16-4-1)40-29-41(49-46(48-40)31-17-5-2-6-18-31)36-23-13-21-34-32-19-7-9-24-37(32)47(44(34)36)38-25-10-12-28-43(38)50-42-27-11-8-20-33(42)35-22-14-26-39(47)45(35)50/h1-29H. The van der Waals surface area contributed by atoms with Crippen molar-refractivity contribution >= 4 is 21.8 Å². The molecular weight excluding hydrogens is 607 g/mol. The molecule has 50 heavy (non-hydrogen) atoms. The Morgan fingerprint density at radius 3 is 1.88 bits per heavy atom. The second-order valence-corrected chi connectivity index (χ2v) is 13.3. The van der Waals surface area contributed by atoms with E-state index in [1.807, 2.05) is 6.07 Å². The van der Waals surface area contributed by atoms with Crippen molar-refractivity contribution in [3.8, 4) is 50.7 Å². The van der Waals surface area contributed by atoms with Crippen LogP contribution in [0.25, 0.3) is 72.5 Å². The molecule has 1 atom stereocenters. The molecule has 0 amide bonds. The van der Waals surface area contributed by atoms with Crippen LogP contribution >= 0.6 is 0 Å². The first-order valence-electron chi connectivity index (χ1n) is 17.2. The molecule has 0 N–H and O–H groups in total. The van der Waals surface area contributed by atoms with Gasteiger partial charge in [0, 0.05) is 27.5 Å². The van der Waals surface area contributed by atoms with Crippen molar-refractivity contribution in [2.75, 3.05) is 0 Å². The van der Waals surface area contributed by atoms with Gasteiger partial charge in [0.05, 0.1) is 33.5 Å². The summed E-state index contributed by atoms with van der Waals surface area (Å²) in [5.41, 5.74) is 15.8. The summed E-state index contributed by atoms with van der Waals surface area (Å²) in [5.74, 6) is 0.718. The van der Waals surface area contributed by atoms with Gasteiger partial charge in [-0.05, 0) is 51.6 Å². The van der Waals surface area contributed by atoms with Crippen molar-refractivity contribution in [1.82, 2.24) is 14.5 Å². The van der Waals surface area contributed by atoms with E-state index >= 15 is 0 Å². The molecule has 3 heterocycles. The lowest BCUT2D eigenvalue weighted by molar-refractivity contribution is 0.749. The molecule has 1 spiro atoms. The van der Waals surface area contributed by atoms with Crippen LogP contribution in [-0.2, 0) is 5.41 Å². The van der Waals surface area contributed by atoms with E-state index in [9.17, 15) is 0 Å². The minimum atomic E-state index is -0.576. The van der Waals surface area contributed by atoms with Gasteiger partial charge in [0.25, 0.3) is 0 Å². The largest absolute Gasteiger partial charge is 0.309 e. The third kappa shape index (κ3) is 3.53. The Labute approximate surface area is 289 Å². The Morgan fingerprint density at radius 1 is 0.420 bits per heavy atom. The van der Waals surface area contributed by atoms with Crippen LogP contribution in [-0.4, -0.2) is 14.5 Å². The Balaban J connectivity index is 1.30. The molecule has 1 aliphatic heterocycles. The maximum Gasteiger partial charge on any atom is 0.160 e. The maximum atomic E-state index is 5.39. The first kappa shape index (κ1) is 27.4. The van der Waals surface area contributed by atoms with Crippen LogP contribution in [0.1, 0.15) is 22.3 Å². The molecule has 9 aromatic rings. The average molecular weight is 636 g/mol. The van der Waals surface area contributed by atoms with Crippen LogP contribution in [0, 0.1) is 0 Å².